The van der Waals surface area contributed by atoms with Crippen LogP contribution in [0.4, 0.5) is 0 Å². The number of carbonyl (C=O) groups excluding carboxylic acids is 1. The summed E-state index contributed by atoms with van der Waals surface area (Å²) in [5.74, 6) is 1.39. The van der Waals surface area contributed by atoms with E-state index in [4.69, 9.17) is 9.47 Å². The summed E-state index contributed by atoms with van der Waals surface area (Å²) in [6, 6.07) is 7.51. The van der Waals surface area contributed by atoms with Crippen LogP contribution in [0.3, 0.4) is 0 Å². The van der Waals surface area contributed by atoms with E-state index >= 15 is 0 Å². The third-order valence-electron chi connectivity index (χ3n) is 4.86. The van der Waals surface area contributed by atoms with Crippen LogP contribution in [-0.2, 0) is 17.8 Å². The third kappa shape index (κ3) is 4.08. The number of methoxy groups -OCH3 is 2. The van der Waals surface area contributed by atoms with Crippen LogP contribution in [0.15, 0.2) is 24.3 Å². The number of aryl methyl sites for hydroxylation is 3. The van der Waals surface area contributed by atoms with Crippen molar-refractivity contribution in [2.24, 2.45) is 0 Å². The predicted molar refractivity (Wildman–Crippen MR) is 107 cm³/mol. The lowest BCUT2D eigenvalue weighted by atomic mass is 10.1. The molecule has 0 radical (unpaired) electrons. The molecule has 0 aliphatic rings. The maximum Gasteiger partial charge on any atom is 0.220 e. The summed E-state index contributed by atoms with van der Waals surface area (Å²) in [6.07, 6.45) is 0.999. The maximum atomic E-state index is 12.4. The molecule has 0 spiro atoms. The summed E-state index contributed by atoms with van der Waals surface area (Å²) >= 11 is 0. The Morgan fingerprint density at radius 1 is 1.14 bits per heavy atom. The van der Waals surface area contributed by atoms with Crippen LogP contribution in [0, 0.1) is 20.8 Å². The van der Waals surface area contributed by atoms with Crippen molar-refractivity contribution >= 4 is 11.6 Å². The van der Waals surface area contributed by atoms with Gasteiger partial charge in [0.15, 0.2) is 5.65 Å². The highest BCUT2D eigenvalue weighted by atomic mass is 16.5. The maximum absolute atomic E-state index is 12.4. The average Bonchev–Trinajstić information content (AvgIpc) is 3.06. The van der Waals surface area contributed by atoms with E-state index < -0.39 is 0 Å². The van der Waals surface area contributed by atoms with Crippen LogP contribution < -0.4 is 14.8 Å². The van der Waals surface area contributed by atoms with E-state index in [9.17, 15) is 4.79 Å². The molecule has 3 aromatic rings. The van der Waals surface area contributed by atoms with Gasteiger partial charge in [-0.15, -0.1) is 0 Å². The van der Waals surface area contributed by atoms with Gasteiger partial charge >= 0.3 is 0 Å². The molecule has 0 saturated carbocycles. The van der Waals surface area contributed by atoms with Gasteiger partial charge in [-0.05, 0) is 44.9 Å². The molecule has 0 saturated heterocycles. The number of fused-ring (bicyclic) bond motifs is 1. The van der Waals surface area contributed by atoms with Crippen LogP contribution in [0.1, 0.15) is 34.6 Å². The molecular weight excluding hydrogens is 356 g/mol. The molecule has 7 nitrogen and oxygen atoms in total. The Labute approximate surface area is 164 Å². The number of carbonyl (C=O) groups is 1. The monoisotopic (exact) mass is 382 g/mol. The first-order valence-electron chi connectivity index (χ1n) is 9.23. The fraction of sp³-hybridized carbons (Fsp3) is 0.381. The third-order valence-corrected chi connectivity index (χ3v) is 4.86. The fourth-order valence-corrected chi connectivity index (χ4v) is 3.32. The molecule has 3 rings (SSSR count). The average molecular weight is 382 g/mol. The van der Waals surface area contributed by atoms with Crippen molar-refractivity contribution in [3.8, 4) is 11.5 Å². The Kier molecular flexibility index (Phi) is 5.82. The highest BCUT2D eigenvalue weighted by molar-refractivity contribution is 5.76. The number of aromatic nitrogens is 3. The van der Waals surface area contributed by atoms with Gasteiger partial charge in [0.2, 0.25) is 5.91 Å². The number of hydrogen-bond acceptors (Lipinski definition) is 5. The van der Waals surface area contributed by atoms with Gasteiger partial charge in [-0.2, -0.15) is 5.10 Å². The second kappa shape index (κ2) is 8.29. The van der Waals surface area contributed by atoms with Gasteiger partial charge in [-0.25, -0.2) is 9.50 Å². The fourth-order valence-electron chi connectivity index (χ4n) is 3.32. The van der Waals surface area contributed by atoms with E-state index in [-0.39, 0.29) is 5.91 Å². The second-order valence-corrected chi connectivity index (χ2v) is 6.77. The molecule has 2 aromatic heterocycles. The largest absolute Gasteiger partial charge is 0.497 e. The number of benzene rings is 1. The molecule has 1 aromatic carbocycles. The SMILES string of the molecule is COc1ccc(CNC(=O)CCc2c(C)nc3cc(C)nn3c2C)c(OC)c1. The Hall–Kier alpha value is -3.09. The normalized spacial score (nSPS) is 10.9. The van der Waals surface area contributed by atoms with Crippen molar-refractivity contribution in [1.82, 2.24) is 19.9 Å². The quantitative estimate of drug-likeness (QED) is 0.680. The van der Waals surface area contributed by atoms with Gasteiger partial charge in [0.25, 0.3) is 0 Å². The molecule has 1 amide bonds. The number of ether oxygens (including phenoxy) is 2. The van der Waals surface area contributed by atoms with E-state index in [1.807, 2.05) is 43.5 Å². The number of nitrogens with one attached hydrogen (secondary N) is 1. The standard InChI is InChI=1S/C21H26N4O3/c1-13-10-20-23-14(2)18(15(3)25(20)24-13)8-9-21(26)22-12-16-6-7-17(27-4)11-19(16)28-5/h6-7,10-11H,8-9,12H2,1-5H3,(H,22,26). The van der Waals surface area contributed by atoms with E-state index in [1.54, 1.807) is 20.3 Å². The van der Waals surface area contributed by atoms with Gasteiger partial charge in [0.05, 0.1) is 19.9 Å². The lowest BCUT2D eigenvalue weighted by Crippen LogP contribution is -2.23. The van der Waals surface area contributed by atoms with Crippen LogP contribution in [0.25, 0.3) is 5.65 Å². The van der Waals surface area contributed by atoms with Gasteiger partial charge in [0, 0.05) is 42.0 Å². The molecule has 2 heterocycles. The van der Waals surface area contributed by atoms with Crippen LogP contribution >= 0.6 is 0 Å². The van der Waals surface area contributed by atoms with Crippen LogP contribution in [0.2, 0.25) is 0 Å². The molecule has 148 valence electrons. The van der Waals surface area contributed by atoms with E-state index in [0.717, 1.165) is 39.6 Å². The molecule has 0 aliphatic carbocycles. The Bertz CT molecular complexity index is 1010. The summed E-state index contributed by atoms with van der Waals surface area (Å²) in [5, 5.41) is 7.44. The van der Waals surface area contributed by atoms with Crippen molar-refractivity contribution in [3.63, 3.8) is 0 Å². The second-order valence-electron chi connectivity index (χ2n) is 6.77. The highest BCUT2D eigenvalue weighted by Crippen LogP contribution is 2.24. The Morgan fingerprint density at radius 3 is 2.64 bits per heavy atom. The zero-order chi connectivity index (χ0) is 20.3. The first-order valence-corrected chi connectivity index (χ1v) is 9.23. The minimum atomic E-state index is -0.0200. The number of nitrogens with zero attached hydrogens (tertiary/aromatic N) is 3. The zero-order valence-electron chi connectivity index (χ0n) is 17.0. The van der Waals surface area contributed by atoms with Gasteiger partial charge < -0.3 is 14.8 Å². The number of hydrogen-bond donors (Lipinski definition) is 1. The molecule has 0 bridgehead atoms. The molecular formula is C21H26N4O3. The number of amides is 1. The Morgan fingerprint density at radius 2 is 1.93 bits per heavy atom. The van der Waals surface area contributed by atoms with Gasteiger partial charge in [-0.1, -0.05) is 0 Å². The van der Waals surface area contributed by atoms with E-state index in [2.05, 4.69) is 15.4 Å². The molecule has 0 atom stereocenters. The summed E-state index contributed by atoms with van der Waals surface area (Å²) in [7, 11) is 3.21. The lowest BCUT2D eigenvalue weighted by molar-refractivity contribution is -0.121. The topological polar surface area (TPSA) is 77.8 Å². The molecule has 28 heavy (non-hydrogen) atoms. The van der Waals surface area contributed by atoms with Crippen molar-refractivity contribution < 1.29 is 14.3 Å². The van der Waals surface area contributed by atoms with E-state index in [1.165, 1.54) is 0 Å². The van der Waals surface area contributed by atoms with Gasteiger partial charge in [0.1, 0.15) is 11.5 Å². The van der Waals surface area contributed by atoms with Crippen LogP contribution in [0.5, 0.6) is 11.5 Å². The summed E-state index contributed by atoms with van der Waals surface area (Å²) < 4.78 is 12.4. The van der Waals surface area contributed by atoms with Crippen molar-refractivity contribution in [2.45, 2.75) is 40.2 Å². The number of rotatable bonds is 7. The van der Waals surface area contributed by atoms with Crippen molar-refractivity contribution in [1.29, 1.82) is 0 Å². The summed E-state index contributed by atoms with van der Waals surface area (Å²) in [4.78, 5) is 17.0. The predicted octanol–water partition coefficient (Wildman–Crippen LogP) is 2.92. The van der Waals surface area contributed by atoms with Crippen LogP contribution in [-0.4, -0.2) is 34.7 Å². The minimum absolute atomic E-state index is 0.0200. The highest BCUT2D eigenvalue weighted by Gasteiger charge is 2.13. The molecule has 0 fully saturated rings. The van der Waals surface area contributed by atoms with E-state index in [0.29, 0.717) is 25.1 Å². The van der Waals surface area contributed by atoms with Crippen molar-refractivity contribution in [3.05, 3.63) is 52.5 Å². The molecule has 1 N–H and O–H groups in total. The Balaban J connectivity index is 1.64. The first-order chi connectivity index (χ1) is 13.4. The first kappa shape index (κ1) is 19.7. The lowest BCUT2D eigenvalue weighted by Gasteiger charge is -2.13. The molecule has 0 aliphatic heterocycles. The summed E-state index contributed by atoms with van der Waals surface area (Å²) in [6.45, 7) is 6.35. The van der Waals surface area contributed by atoms with Gasteiger partial charge in [-0.3, -0.25) is 4.79 Å². The molecule has 7 heteroatoms. The smallest absolute Gasteiger partial charge is 0.220 e. The minimum Gasteiger partial charge on any atom is -0.497 e. The summed E-state index contributed by atoms with van der Waals surface area (Å²) in [5.41, 5.74) is 5.70. The molecule has 0 unspecified atom stereocenters. The zero-order valence-corrected chi connectivity index (χ0v) is 17.0. The van der Waals surface area contributed by atoms with Crippen molar-refractivity contribution in [2.75, 3.05) is 14.2 Å².